The van der Waals surface area contributed by atoms with Crippen molar-refractivity contribution in [3.63, 3.8) is 0 Å². The molecule has 0 aliphatic carbocycles. The van der Waals surface area contributed by atoms with Crippen molar-refractivity contribution in [3.8, 4) is 0 Å². The van der Waals surface area contributed by atoms with E-state index in [1.807, 2.05) is 13.8 Å². The molecule has 0 saturated carbocycles. The van der Waals surface area contributed by atoms with Gasteiger partial charge in [0.25, 0.3) is 0 Å². The second kappa shape index (κ2) is 5.82. The Morgan fingerprint density at radius 2 is 2.13 bits per heavy atom. The molecular weight excluding hydrogens is 214 g/mol. The zero-order valence-corrected chi connectivity index (χ0v) is 10.4. The van der Waals surface area contributed by atoms with Crippen LogP contribution in [0.15, 0.2) is 0 Å². The molecule has 5 heteroatoms. The van der Waals surface area contributed by atoms with Gasteiger partial charge >= 0.3 is 0 Å². The second-order valence-corrected chi connectivity index (χ2v) is 5.99. The van der Waals surface area contributed by atoms with E-state index in [0.717, 1.165) is 19.4 Å². The highest BCUT2D eigenvalue weighted by atomic mass is 32.2. The molecule has 0 N–H and O–H groups in total. The Balaban J connectivity index is 2.54. The van der Waals surface area contributed by atoms with Crippen molar-refractivity contribution in [2.24, 2.45) is 0 Å². The average Bonchev–Trinajstić information content (AvgIpc) is 2.66. The number of likely N-dealkylation sites (N-methyl/N-ethyl adjacent to an activating group) is 1. The first-order valence-electron chi connectivity index (χ1n) is 5.69. The molecule has 1 atom stereocenters. The molecule has 1 rings (SSSR count). The molecule has 1 saturated heterocycles. The summed E-state index contributed by atoms with van der Waals surface area (Å²) in [4.78, 5) is 0. The third-order valence-corrected chi connectivity index (χ3v) is 4.76. The molecule has 1 fully saturated rings. The summed E-state index contributed by atoms with van der Waals surface area (Å²) in [5.74, 6) is 0.244. The van der Waals surface area contributed by atoms with Gasteiger partial charge in [0.1, 0.15) is 0 Å². The lowest BCUT2D eigenvalue weighted by molar-refractivity contribution is 0.0947. The van der Waals surface area contributed by atoms with Crippen molar-refractivity contribution in [1.29, 1.82) is 0 Å². The summed E-state index contributed by atoms with van der Waals surface area (Å²) in [6.07, 6.45) is 2.81. The summed E-state index contributed by atoms with van der Waals surface area (Å²) >= 11 is 0. The molecule has 0 spiro atoms. The van der Waals surface area contributed by atoms with Crippen LogP contribution >= 0.6 is 0 Å². The van der Waals surface area contributed by atoms with Gasteiger partial charge in [-0.3, -0.25) is 0 Å². The number of ether oxygens (including phenoxy) is 1. The van der Waals surface area contributed by atoms with E-state index < -0.39 is 10.0 Å². The van der Waals surface area contributed by atoms with Gasteiger partial charge in [0.05, 0.1) is 11.9 Å². The van der Waals surface area contributed by atoms with Crippen LogP contribution in [0.4, 0.5) is 0 Å². The number of rotatable bonds is 6. The largest absolute Gasteiger partial charge is 0.377 e. The smallest absolute Gasteiger partial charge is 0.214 e. The Hall–Kier alpha value is -0.130. The molecule has 4 nitrogen and oxygen atoms in total. The zero-order chi connectivity index (χ0) is 11.3. The summed E-state index contributed by atoms with van der Waals surface area (Å²) in [6.45, 7) is 5.61. The summed E-state index contributed by atoms with van der Waals surface area (Å²) in [6, 6.07) is 0. The molecule has 0 bridgehead atoms. The van der Waals surface area contributed by atoms with Gasteiger partial charge in [-0.25, -0.2) is 8.42 Å². The molecule has 0 radical (unpaired) electrons. The van der Waals surface area contributed by atoms with E-state index in [0.29, 0.717) is 19.5 Å². The predicted octanol–water partition coefficient (Wildman–Crippen LogP) is 1.23. The van der Waals surface area contributed by atoms with Crippen LogP contribution in [0, 0.1) is 0 Å². The van der Waals surface area contributed by atoms with Crippen LogP contribution in [0.25, 0.3) is 0 Å². The van der Waals surface area contributed by atoms with E-state index >= 15 is 0 Å². The van der Waals surface area contributed by atoms with Gasteiger partial charge in [-0.2, -0.15) is 4.31 Å². The van der Waals surface area contributed by atoms with Gasteiger partial charge in [0.15, 0.2) is 0 Å². The van der Waals surface area contributed by atoms with Crippen molar-refractivity contribution < 1.29 is 13.2 Å². The maximum Gasteiger partial charge on any atom is 0.214 e. The monoisotopic (exact) mass is 235 g/mol. The standard InChI is InChI=1S/C10H21NO3S/c1-3-8-15(12,13)11(4-2)9-10-6-5-7-14-10/h10H,3-9H2,1-2H3. The normalized spacial score (nSPS) is 22.5. The Morgan fingerprint density at radius 3 is 2.60 bits per heavy atom. The maximum atomic E-state index is 11.8. The quantitative estimate of drug-likeness (QED) is 0.695. The number of hydrogen-bond donors (Lipinski definition) is 0. The molecule has 1 unspecified atom stereocenters. The third-order valence-electron chi connectivity index (χ3n) is 2.64. The first-order chi connectivity index (χ1) is 7.10. The summed E-state index contributed by atoms with van der Waals surface area (Å²) in [5.41, 5.74) is 0. The lowest BCUT2D eigenvalue weighted by Crippen LogP contribution is -2.38. The van der Waals surface area contributed by atoms with Crippen molar-refractivity contribution in [2.75, 3.05) is 25.4 Å². The molecule has 1 aliphatic rings. The fourth-order valence-electron chi connectivity index (χ4n) is 1.84. The van der Waals surface area contributed by atoms with E-state index in [1.54, 1.807) is 4.31 Å². The Kier molecular flexibility index (Phi) is 5.02. The fourth-order valence-corrected chi connectivity index (χ4v) is 3.40. The van der Waals surface area contributed by atoms with Crippen LogP contribution in [-0.4, -0.2) is 44.3 Å². The predicted molar refractivity (Wildman–Crippen MR) is 60.3 cm³/mol. The van der Waals surface area contributed by atoms with Crippen molar-refractivity contribution in [2.45, 2.75) is 39.2 Å². The number of nitrogens with zero attached hydrogens (tertiary/aromatic N) is 1. The van der Waals surface area contributed by atoms with Gasteiger partial charge < -0.3 is 4.74 Å². The minimum Gasteiger partial charge on any atom is -0.377 e. The fraction of sp³-hybridized carbons (Fsp3) is 1.00. The summed E-state index contributed by atoms with van der Waals surface area (Å²) < 4.78 is 30.6. The highest BCUT2D eigenvalue weighted by molar-refractivity contribution is 7.89. The number of sulfonamides is 1. The van der Waals surface area contributed by atoms with Crippen LogP contribution in [0.2, 0.25) is 0 Å². The summed E-state index contributed by atoms with van der Waals surface area (Å²) in [7, 11) is -3.06. The zero-order valence-electron chi connectivity index (χ0n) is 9.61. The van der Waals surface area contributed by atoms with Gasteiger partial charge in [0.2, 0.25) is 10.0 Å². The molecule has 0 amide bonds. The topological polar surface area (TPSA) is 46.6 Å². The molecule has 0 aromatic heterocycles. The SMILES string of the molecule is CCCS(=O)(=O)N(CC)CC1CCCO1. The van der Waals surface area contributed by atoms with Gasteiger partial charge in [0, 0.05) is 19.7 Å². The lowest BCUT2D eigenvalue weighted by atomic mass is 10.2. The second-order valence-electron chi connectivity index (χ2n) is 3.90. The molecule has 1 heterocycles. The molecular formula is C10H21NO3S. The lowest BCUT2D eigenvalue weighted by Gasteiger charge is -2.23. The molecule has 15 heavy (non-hydrogen) atoms. The van der Waals surface area contributed by atoms with Crippen LogP contribution in [-0.2, 0) is 14.8 Å². The molecule has 90 valence electrons. The first-order valence-corrected chi connectivity index (χ1v) is 7.30. The third kappa shape index (κ3) is 3.74. The first kappa shape index (κ1) is 12.9. The highest BCUT2D eigenvalue weighted by Crippen LogP contribution is 2.15. The Labute approximate surface area is 92.7 Å². The van der Waals surface area contributed by atoms with E-state index in [-0.39, 0.29) is 11.9 Å². The maximum absolute atomic E-state index is 11.8. The Bertz CT molecular complexity index is 270. The van der Waals surface area contributed by atoms with Crippen LogP contribution < -0.4 is 0 Å². The van der Waals surface area contributed by atoms with Crippen LogP contribution in [0.1, 0.15) is 33.1 Å². The Morgan fingerprint density at radius 1 is 1.40 bits per heavy atom. The van der Waals surface area contributed by atoms with E-state index in [1.165, 1.54) is 0 Å². The van der Waals surface area contributed by atoms with Gasteiger partial charge in [-0.1, -0.05) is 13.8 Å². The van der Waals surface area contributed by atoms with Gasteiger partial charge in [-0.05, 0) is 19.3 Å². The highest BCUT2D eigenvalue weighted by Gasteiger charge is 2.25. The van der Waals surface area contributed by atoms with Gasteiger partial charge in [-0.15, -0.1) is 0 Å². The minimum atomic E-state index is -3.06. The number of hydrogen-bond acceptors (Lipinski definition) is 3. The van der Waals surface area contributed by atoms with Crippen LogP contribution in [0.5, 0.6) is 0 Å². The van der Waals surface area contributed by atoms with Crippen molar-refractivity contribution in [3.05, 3.63) is 0 Å². The molecule has 0 aromatic rings. The van der Waals surface area contributed by atoms with Crippen molar-refractivity contribution >= 4 is 10.0 Å². The van der Waals surface area contributed by atoms with Crippen LogP contribution in [0.3, 0.4) is 0 Å². The van der Waals surface area contributed by atoms with E-state index in [4.69, 9.17) is 4.74 Å². The van der Waals surface area contributed by atoms with Crippen molar-refractivity contribution in [1.82, 2.24) is 4.31 Å². The average molecular weight is 235 g/mol. The van der Waals surface area contributed by atoms with E-state index in [9.17, 15) is 8.42 Å². The molecule has 1 aliphatic heterocycles. The minimum absolute atomic E-state index is 0.108. The summed E-state index contributed by atoms with van der Waals surface area (Å²) in [5, 5.41) is 0. The van der Waals surface area contributed by atoms with E-state index in [2.05, 4.69) is 0 Å². The molecule has 0 aromatic carbocycles.